The van der Waals surface area contributed by atoms with E-state index >= 15 is 0 Å². The Morgan fingerprint density at radius 3 is 2.22 bits per heavy atom. The summed E-state index contributed by atoms with van der Waals surface area (Å²) in [6.45, 7) is 11.3. The highest BCUT2D eigenvalue weighted by molar-refractivity contribution is 6.74. The van der Waals surface area contributed by atoms with E-state index in [4.69, 9.17) is 15.6 Å². The Kier molecular flexibility index (Phi) is 4.47. The van der Waals surface area contributed by atoms with Crippen molar-refractivity contribution in [3.63, 3.8) is 0 Å². The molecule has 0 fully saturated rings. The molecule has 0 bridgehead atoms. The standard InChI is InChI=1S/C15H22O2Si/c1-7-12-16-13-10-8-9-11-14(13)17-18(5,6)15(2,3)4/h1,8-11H,12H2,2-6H3. The molecule has 0 spiro atoms. The van der Waals surface area contributed by atoms with E-state index < -0.39 is 8.32 Å². The second-order valence-electron chi connectivity index (χ2n) is 5.80. The van der Waals surface area contributed by atoms with Crippen LogP contribution in [-0.2, 0) is 0 Å². The average molecular weight is 262 g/mol. The van der Waals surface area contributed by atoms with Gasteiger partial charge in [0.05, 0.1) is 0 Å². The Bertz CT molecular complexity index is 439. The molecule has 0 amide bonds. The van der Waals surface area contributed by atoms with Crippen molar-refractivity contribution in [2.24, 2.45) is 0 Å². The maximum atomic E-state index is 6.24. The van der Waals surface area contributed by atoms with E-state index in [-0.39, 0.29) is 11.6 Å². The highest BCUT2D eigenvalue weighted by Gasteiger charge is 2.39. The van der Waals surface area contributed by atoms with E-state index in [0.717, 1.165) is 11.5 Å². The quantitative estimate of drug-likeness (QED) is 0.601. The second-order valence-corrected chi connectivity index (χ2v) is 10.5. The van der Waals surface area contributed by atoms with E-state index in [1.165, 1.54) is 0 Å². The molecule has 0 aliphatic heterocycles. The summed E-state index contributed by atoms with van der Waals surface area (Å²) in [4.78, 5) is 0. The van der Waals surface area contributed by atoms with Gasteiger partial charge in [-0.3, -0.25) is 0 Å². The molecule has 0 aromatic heterocycles. The van der Waals surface area contributed by atoms with Gasteiger partial charge in [-0.05, 0) is 30.3 Å². The third-order valence-electron chi connectivity index (χ3n) is 3.33. The molecular formula is C15H22O2Si. The molecule has 18 heavy (non-hydrogen) atoms. The van der Waals surface area contributed by atoms with E-state index in [0.29, 0.717) is 0 Å². The van der Waals surface area contributed by atoms with Crippen LogP contribution in [0.25, 0.3) is 0 Å². The Hall–Kier alpha value is -1.40. The lowest BCUT2D eigenvalue weighted by molar-refractivity contribution is 0.351. The lowest BCUT2D eigenvalue weighted by Gasteiger charge is -2.36. The van der Waals surface area contributed by atoms with Crippen LogP contribution in [0.1, 0.15) is 20.8 Å². The summed E-state index contributed by atoms with van der Waals surface area (Å²) in [5.41, 5.74) is 0. The highest BCUT2D eigenvalue weighted by atomic mass is 28.4. The van der Waals surface area contributed by atoms with Crippen molar-refractivity contribution in [2.45, 2.75) is 38.9 Å². The minimum absolute atomic E-state index is 0.159. The van der Waals surface area contributed by atoms with Crippen LogP contribution < -0.4 is 9.16 Å². The van der Waals surface area contributed by atoms with Gasteiger partial charge in [0.25, 0.3) is 8.32 Å². The first-order valence-electron chi connectivity index (χ1n) is 6.12. The first-order chi connectivity index (χ1) is 8.28. The van der Waals surface area contributed by atoms with Crippen LogP contribution in [0.5, 0.6) is 11.5 Å². The summed E-state index contributed by atoms with van der Waals surface area (Å²) >= 11 is 0. The number of benzene rings is 1. The molecule has 0 heterocycles. The number of ether oxygens (including phenoxy) is 1. The molecule has 2 nitrogen and oxygen atoms in total. The largest absolute Gasteiger partial charge is 0.541 e. The molecule has 1 rings (SSSR count). The van der Waals surface area contributed by atoms with Gasteiger partial charge in [0.1, 0.15) is 12.4 Å². The lowest BCUT2D eigenvalue weighted by atomic mass is 10.2. The summed E-state index contributed by atoms with van der Waals surface area (Å²) in [6, 6.07) is 7.70. The van der Waals surface area contributed by atoms with Crippen molar-refractivity contribution in [3.8, 4) is 23.8 Å². The first kappa shape index (κ1) is 14.7. The molecule has 0 atom stereocenters. The SMILES string of the molecule is C#CCOc1ccccc1O[Si](C)(C)C(C)(C)C. The fourth-order valence-corrected chi connectivity index (χ4v) is 2.23. The molecule has 1 aromatic rings. The molecule has 0 aliphatic carbocycles. The van der Waals surface area contributed by atoms with Gasteiger partial charge in [-0.2, -0.15) is 0 Å². The van der Waals surface area contributed by atoms with Crippen LogP contribution in [0, 0.1) is 12.3 Å². The van der Waals surface area contributed by atoms with Crippen molar-refractivity contribution in [1.29, 1.82) is 0 Å². The van der Waals surface area contributed by atoms with E-state index in [2.05, 4.69) is 39.8 Å². The van der Waals surface area contributed by atoms with Crippen LogP contribution in [0.15, 0.2) is 24.3 Å². The number of hydrogen-bond donors (Lipinski definition) is 0. The van der Waals surface area contributed by atoms with Crippen LogP contribution in [-0.4, -0.2) is 14.9 Å². The Morgan fingerprint density at radius 1 is 1.17 bits per heavy atom. The monoisotopic (exact) mass is 262 g/mol. The number of para-hydroxylation sites is 2. The molecule has 98 valence electrons. The molecule has 0 radical (unpaired) electrons. The summed E-state index contributed by atoms with van der Waals surface area (Å²) in [7, 11) is -1.85. The smallest absolute Gasteiger partial charge is 0.250 e. The van der Waals surface area contributed by atoms with Crippen LogP contribution in [0.3, 0.4) is 0 Å². The number of rotatable bonds is 4. The molecule has 0 aliphatic rings. The summed E-state index contributed by atoms with van der Waals surface area (Å²) in [5, 5.41) is 0.159. The van der Waals surface area contributed by atoms with Gasteiger partial charge in [-0.15, -0.1) is 6.42 Å². The Balaban J connectivity index is 2.94. The zero-order valence-corrected chi connectivity index (χ0v) is 12.9. The third-order valence-corrected chi connectivity index (χ3v) is 7.67. The van der Waals surface area contributed by atoms with Gasteiger partial charge in [-0.25, -0.2) is 0 Å². The first-order valence-corrected chi connectivity index (χ1v) is 9.03. The molecule has 0 saturated carbocycles. The Morgan fingerprint density at radius 2 is 1.72 bits per heavy atom. The van der Waals surface area contributed by atoms with Crippen LogP contribution in [0.4, 0.5) is 0 Å². The van der Waals surface area contributed by atoms with Gasteiger partial charge in [0.2, 0.25) is 0 Å². The van der Waals surface area contributed by atoms with E-state index in [9.17, 15) is 0 Å². The third kappa shape index (κ3) is 3.54. The van der Waals surface area contributed by atoms with Gasteiger partial charge < -0.3 is 9.16 Å². The van der Waals surface area contributed by atoms with Crippen LogP contribution >= 0.6 is 0 Å². The van der Waals surface area contributed by atoms with Crippen molar-refractivity contribution < 1.29 is 9.16 Å². The van der Waals surface area contributed by atoms with Crippen molar-refractivity contribution in [2.75, 3.05) is 6.61 Å². The van der Waals surface area contributed by atoms with Gasteiger partial charge in [-0.1, -0.05) is 38.8 Å². The Labute approximate surface area is 111 Å². The minimum atomic E-state index is -1.85. The van der Waals surface area contributed by atoms with Gasteiger partial charge in [0.15, 0.2) is 5.75 Å². The van der Waals surface area contributed by atoms with Crippen molar-refractivity contribution in [1.82, 2.24) is 0 Å². The van der Waals surface area contributed by atoms with E-state index in [1.54, 1.807) is 0 Å². The normalized spacial score (nSPS) is 11.8. The van der Waals surface area contributed by atoms with Crippen molar-refractivity contribution in [3.05, 3.63) is 24.3 Å². The number of hydrogen-bond acceptors (Lipinski definition) is 2. The molecule has 3 heteroatoms. The number of terminal acetylenes is 1. The average Bonchev–Trinajstić information content (AvgIpc) is 2.26. The molecular weight excluding hydrogens is 240 g/mol. The molecule has 0 N–H and O–H groups in total. The van der Waals surface area contributed by atoms with Crippen molar-refractivity contribution >= 4 is 8.32 Å². The lowest BCUT2D eigenvalue weighted by Crippen LogP contribution is -2.43. The molecule has 0 saturated heterocycles. The predicted molar refractivity (Wildman–Crippen MR) is 78.6 cm³/mol. The summed E-state index contributed by atoms with van der Waals surface area (Å²) in [6.07, 6.45) is 5.22. The fraction of sp³-hybridized carbons (Fsp3) is 0.467. The van der Waals surface area contributed by atoms with Gasteiger partial charge >= 0.3 is 0 Å². The molecule has 0 unspecified atom stereocenters. The molecule has 1 aromatic carbocycles. The minimum Gasteiger partial charge on any atom is -0.541 e. The predicted octanol–water partition coefficient (Wildman–Crippen LogP) is 4.08. The van der Waals surface area contributed by atoms with Gasteiger partial charge in [0, 0.05) is 0 Å². The van der Waals surface area contributed by atoms with Crippen LogP contribution in [0.2, 0.25) is 18.1 Å². The maximum absolute atomic E-state index is 6.24. The van der Waals surface area contributed by atoms with E-state index in [1.807, 2.05) is 24.3 Å². The highest BCUT2D eigenvalue weighted by Crippen LogP contribution is 2.39. The fourth-order valence-electron chi connectivity index (χ4n) is 1.20. The summed E-state index contributed by atoms with van der Waals surface area (Å²) < 4.78 is 11.7. The summed E-state index contributed by atoms with van der Waals surface area (Å²) in [5.74, 6) is 3.98. The second kappa shape index (κ2) is 5.49. The maximum Gasteiger partial charge on any atom is 0.250 e. The zero-order valence-electron chi connectivity index (χ0n) is 11.9. The topological polar surface area (TPSA) is 18.5 Å². The zero-order chi connectivity index (χ0) is 13.8.